The predicted molar refractivity (Wildman–Crippen MR) is 108 cm³/mol. The summed E-state index contributed by atoms with van der Waals surface area (Å²) in [6.45, 7) is 5.09. The second-order valence-electron chi connectivity index (χ2n) is 7.17. The highest BCUT2D eigenvalue weighted by atomic mass is 35.5. The summed E-state index contributed by atoms with van der Waals surface area (Å²) in [5.41, 5.74) is 2.63. The summed E-state index contributed by atoms with van der Waals surface area (Å²) in [5, 5.41) is 4.82. The van der Waals surface area contributed by atoms with Crippen LogP contribution in [0.15, 0.2) is 35.0 Å². The Morgan fingerprint density at radius 1 is 1.19 bits per heavy atom. The number of rotatable bonds is 4. The van der Waals surface area contributed by atoms with E-state index in [1.54, 1.807) is 34.4 Å². The fourth-order valence-electron chi connectivity index (χ4n) is 3.82. The standard InChI is InChI=1S/C20H22ClN3O2S/c21-17-4-3-16(12-18(17)24-6-1-2-19(24)25)20(26)23-9-7-22(8-10-23)13-15-5-11-27-14-15/h3-5,11-12,14H,1-2,6-10,13H2/p+1. The number of quaternary nitrogens is 1. The first-order chi connectivity index (χ1) is 13.1. The Morgan fingerprint density at radius 2 is 2.00 bits per heavy atom. The SMILES string of the molecule is O=C(c1ccc(Cl)c(N2CCCC2=O)c1)N1CC[NH+](Cc2ccsc2)CC1. The van der Waals surface area contributed by atoms with Gasteiger partial charge < -0.3 is 14.7 Å². The average molecular weight is 405 g/mol. The first kappa shape index (κ1) is 18.5. The number of nitrogens with one attached hydrogen (secondary N) is 1. The van der Waals surface area contributed by atoms with Gasteiger partial charge in [-0.15, -0.1) is 0 Å². The molecule has 0 bridgehead atoms. The molecule has 2 aliphatic rings. The van der Waals surface area contributed by atoms with Crippen LogP contribution in [0.3, 0.4) is 0 Å². The molecule has 2 aromatic rings. The van der Waals surface area contributed by atoms with Gasteiger partial charge in [-0.2, -0.15) is 11.3 Å². The van der Waals surface area contributed by atoms with Crippen LogP contribution >= 0.6 is 22.9 Å². The molecular formula is C20H23ClN3O2S+. The highest BCUT2D eigenvalue weighted by Crippen LogP contribution is 2.30. The third-order valence-electron chi connectivity index (χ3n) is 5.35. The van der Waals surface area contributed by atoms with Crippen LogP contribution in [-0.2, 0) is 11.3 Å². The second kappa shape index (κ2) is 8.00. The third kappa shape index (κ3) is 4.03. The number of halogens is 1. The third-order valence-corrected chi connectivity index (χ3v) is 6.40. The molecule has 5 nitrogen and oxygen atoms in total. The summed E-state index contributed by atoms with van der Waals surface area (Å²) in [7, 11) is 0. The van der Waals surface area contributed by atoms with E-state index < -0.39 is 0 Å². The zero-order chi connectivity index (χ0) is 18.8. The highest BCUT2D eigenvalue weighted by molar-refractivity contribution is 7.07. The second-order valence-corrected chi connectivity index (χ2v) is 8.35. The van der Waals surface area contributed by atoms with E-state index in [9.17, 15) is 9.59 Å². The minimum absolute atomic E-state index is 0.0224. The molecule has 0 radical (unpaired) electrons. The fraction of sp³-hybridized carbons (Fsp3) is 0.400. The van der Waals surface area contributed by atoms with Gasteiger partial charge in [0.25, 0.3) is 5.91 Å². The van der Waals surface area contributed by atoms with E-state index in [-0.39, 0.29) is 11.8 Å². The maximum atomic E-state index is 13.0. The molecule has 1 aromatic carbocycles. The first-order valence-corrected chi connectivity index (χ1v) is 10.7. The maximum absolute atomic E-state index is 13.0. The van der Waals surface area contributed by atoms with Crippen LogP contribution < -0.4 is 9.80 Å². The van der Waals surface area contributed by atoms with Crippen LogP contribution in [0.5, 0.6) is 0 Å². The summed E-state index contributed by atoms with van der Waals surface area (Å²) in [6, 6.07) is 7.44. The molecule has 0 saturated carbocycles. The Morgan fingerprint density at radius 3 is 2.67 bits per heavy atom. The Hall–Kier alpha value is -1.89. The zero-order valence-electron chi connectivity index (χ0n) is 15.1. The lowest BCUT2D eigenvalue weighted by atomic mass is 10.1. The molecule has 2 fully saturated rings. The summed E-state index contributed by atoms with van der Waals surface area (Å²) in [6.07, 6.45) is 1.38. The summed E-state index contributed by atoms with van der Waals surface area (Å²) >= 11 is 8.02. The molecule has 27 heavy (non-hydrogen) atoms. The van der Waals surface area contributed by atoms with Gasteiger partial charge in [-0.05, 0) is 41.4 Å². The zero-order valence-corrected chi connectivity index (χ0v) is 16.7. The van der Waals surface area contributed by atoms with E-state index in [1.807, 2.05) is 4.90 Å². The van der Waals surface area contributed by atoms with Crippen molar-refractivity contribution in [3.05, 3.63) is 51.2 Å². The normalized spacial score (nSPS) is 18.3. The van der Waals surface area contributed by atoms with E-state index in [4.69, 9.17) is 11.6 Å². The van der Waals surface area contributed by atoms with Gasteiger partial charge in [0.2, 0.25) is 5.91 Å². The van der Waals surface area contributed by atoms with Crippen molar-refractivity contribution in [3.63, 3.8) is 0 Å². The molecule has 2 saturated heterocycles. The minimum atomic E-state index is 0.0224. The molecule has 0 spiro atoms. The Balaban J connectivity index is 1.42. The summed E-state index contributed by atoms with van der Waals surface area (Å²) < 4.78 is 0. The van der Waals surface area contributed by atoms with Crippen molar-refractivity contribution in [2.75, 3.05) is 37.6 Å². The number of carbonyl (C=O) groups excluding carboxylic acids is 2. The molecular weight excluding hydrogens is 382 g/mol. The molecule has 7 heteroatoms. The fourth-order valence-corrected chi connectivity index (χ4v) is 4.71. The van der Waals surface area contributed by atoms with Crippen molar-refractivity contribution < 1.29 is 14.5 Å². The predicted octanol–water partition coefficient (Wildman–Crippen LogP) is 2.07. The van der Waals surface area contributed by atoms with Crippen molar-refractivity contribution in [1.29, 1.82) is 0 Å². The van der Waals surface area contributed by atoms with Gasteiger partial charge in [0.05, 0.1) is 36.9 Å². The molecule has 1 aromatic heterocycles. The van der Waals surface area contributed by atoms with Crippen LogP contribution in [0.1, 0.15) is 28.8 Å². The number of carbonyl (C=O) groups is 2. The van der Waals surface area contributed by atoms with Gasteiger partial charge in [0.15, 0.2) is 0 Å². The lowest BCUT2D eigenvalue weighted by Crippen LogP contribution is -3.13. The minimum Gasteiger partial charge on any atom is -0.328 e. The molecule has 4 rings (SSSR count). The number of amides is 2. The number of thiophene rings is 1. The molecule has 0 aliphatic carbocycles. The van der Waals surface area contributed by atoms with Crippen molar-refractivity contribution >= 4 is 40.4 Å². The van der Waals surface area contributed by atoms with Crippen molar-refractivity contribution in [1.82, 2.24) is 4.90 Å². The Kier molecular flexibility index (Phi) is 5.48. The average Bonchev–Trinajstić information content (AvgIpc) is 3.34. The van der Waals surface area contributed by atoms with E-state index >= 15 is 0 Å². The van der Waals surface area contributed by atoms with Crippen molar-refractivity contribution in [2.45, 2.75) is 19.4 Å². The Labute approximate surface area is 168 Å². The van der Waals surface area contributed by atoms with E-state index in [2.05, 4.69) is 16.8 Å². The van der Waals surface area contributed by atoms with Crippen LogP contribution in [-0.4, -0.2) is 49.4 Å². The molecule has 142 valence electrons. The van der Waals surface area contributed by atoms with Crippen LogP contribution in [0, 0.1) is 0 Å². The largest absolute Gasteiger partial charge is 0.328 e. The topological polar surface area (TPSA) is 45.1 Å². The monoisotopic (exact) mass is 404 g/mol. The van der Waals surface area contributed by atoms with Crippen molar-refractivity contribution in [2.24, 2.45) is 0 Å². The van der Waals surface area contributed by atoms with Crippen LogP contribution in [0.2, 0.25) is 5.02 Å². The lowest BCUT2D eigenvalue weighted by Gasteiger charge is -2.32. The van der Waals surface area contributed by atoms with Gasteiger partial charge in [0.1, 0.15) is 6.54 Å². The van der Waals surface area contributed by atoms with Crippen LogP contribution in [0.25, 0.3) is 0 Å². The van der Waals surface area contributed by atoms with Gasteiger partial charge in [-0.1, -0.05) is 11.6 Å². The van der Waals surface area contributed by atoms with E-state index in [1.165, 1.54) is 10.5 Å². The molecule has 1 N–H and O–H groups in total. The molecule has 2 amide bonds. The quantitative estimate of drug-likeness (QED) is 0.847. The number of piperazine rings is 1. The molecule has 2 aliphatic heterocycles. The van der Waals surface area contributed by atoms with Crippen molar-refractivity contribution in [3.8, 4) is 0 Å². The van der Waals surface area contributed by atoms with E-state index in [0.717, 1.165) is 39.1 Å². The molecule has 0 unspecified atom stereocenters. The first-order valence-electron chi connectivity index (χ1n) is 9.35. The summed E-state index contributed by atoms with van der Waals surface area (Å²) in [5.74, 6) is 0.0984. The van der Waals surface area contributed by atoms with Gasteiger partial charge >= 0.3 is 0 Å². The van der Waals surface area contributed by atoms with Gasteiger partial charge in [-0.3, -0.25) is 9.59 Å². The number of anilines is 1. The Bertz CT molecular complexity index is 832. The lowest BCUT2D eigenvalue weighted by molar-refractivity contribution is -0.917. The summed E-state index contributed by atoms with van der Waals surface area (Å²) in [4.78, 5) is 30.1. The van der Waals surface area contributed by atoms with E-state index in [0.29, 0.717) is 29.2 Å². The smallest absolute Gasteiger partial charge is 0.254 e. The van der Waals surface area contributed by atoms with Gasteiger partial charge in [-0.25, -0.2) is 0 Å². The highest BCUT2D eigenvalue weighted by Gasteiger charge is 2.27. The molecule has 0 atom stereocenters. The number of hydrogen-bond donors (Lipinski definition) is 1. The van der Waals surface area contributed by atoms with Gasteiger partial charge in [0, 0.05) is 24.1 Å². The van der Waals surface area contributed by atoms with Crippen LogP contribution in [0.4, 0.5) is 5.69 Å². The maximum Gasteiger partial charge on any atom is 0.254 e. The molecule has 3 heterocycles. The number of benzene rings is 1. The number of nitrogens with zero attached hydrogens (tertiary/aromatic N) is 2. The number of hydrogen-bond acceptors (Lipinski definition) is 3.